The first-order chi connectivity index (χ1) is 22.8. The van der Waals surface area contributed by atoms with Gasteiger partial charge in [0.25, 0.3) is 5.91 Å². The Labute approximate surface area is 275 Å². The van der Waals surface area contributed by atoms with Gasteiger partial charge in [-0.2, -0.15) is 8.78 Å². The van der Waals surface area contributed by atoms with E-state index in [1.165, 1.54) is 0 Å². The van der Waals surface area contributed by atoms with E-state index in [9.17, 15) is 13.6 Å². The molecule has 0 aromatic heterocycles. The zero-order valence-electron chi connectivity index (χ0n) is 27.1. The number of halogens is 2. The van der Waals surface area contributed by atoms with Crippen molar-refractivity contribution in [3.63, 3.8) is 0 Å². The highest BCUT2D eigenvalue weighted by atomic mass is 19.3. The van der Waals surface area contributed by atoms with Crippen LogP contribution < -0.4 is 15.8 Å². The van der Waals surface area contributed by atoms with E-state index in [0.29, 0.717) is 37.7 Å². The fraction of sp³-hybridized carbons (Fsp3) is 0.417. The number of rotatable bonds is 17. The van der Waals surface area contributed by atoms with Crippen molar-refractivity contribution in [2.45, 2.75) is 32.8 Å². The minimum atomic E-state index is -2.86. The van der Waals surface area contributed by atoms with E-state index in [4.69, 9.17) is 15.5 Å². The van der Waals surface area contributed by atoms with E-state index in [-0.39, 0.29) is 23.0 Å². The maximum atomic E-state index is 13.2. The lowest BCUT2D eigenvalue weighted by Gasteiger charge is -2.25. The Hall–Kier alpha value is -4.19. The van der Waals surface area contributed by atoms with E-state index >= 15 is 0 Å². The van der Waals surface area contributed by atoms with Crippen LogP contribution in [0.5, 0.6) is 5.75 Å². The molecule has 5 rings (SSSR count). The normalized spacial score (nSPS) is 19.4. The number of alkyl halides is 2. The van der Waals surface area contributed by atoms with Crippen molar-refractivity contribution in [2.75, 3.05) is 58.3 Å². The number of aryl methyl sites for hydroxylation is 1. The average Bonchev–Trinajstić information content (AvgIpc) is 3.78. The molecule has 1 saturated carbocycles. The van der Waals surface area contributed by atoms with Gasteiger partial charge in [0.1, 0.15) is 5.75 Å². The molecule has 1 amide bonds. The molecule has 11 heteroatoms. The Balaban J connectivity index is 1.15. The smallest absolute Gasteiger partial charge is 0.387 e. The lowest BCUT2D eigenvalue weighted by Crippen LogP contribution is -2.35. The first-order valence-corrected chi connectivity index (χ1v) is 16.1. The standard InChI is InChI=1S/C36H44F2N6O3/c1-4-5-6-16-44(17-14-39)19-21-46-20-18-43(3)34(45)29-12-9-27(22-25(29)2)42-33-32-36(13-15-40-33)23-31(36)30(24-41-32)26-7-10-28(11-8-26)47-35(37)38/h4,7-13,15,22,24,31,35H,1,5-6,14,16-21,23,39H2,2-3H3,(H,40,42). The molecule has 0 saturated heterocycles. The fourth-order valence-electron chi connectivity index (χ4n) is 6.22. The van der Waals surface area contributed by atoms with Crippen molar-refractivity contribution in [1.82, 2.24) is 9.80 Å². The summed E-state index contributed by atoms with van der Waals surface area (Å²) in [5.41, 5.74) is 10.6. The zero-order valence-corrected chi connectivity index (χ0v) is 27.1. The number of aliphatic imine (C=N–C) groups is 2. The Bertz CT molecular complexity index is 1550. The van der Waals surface area contributed by atoms with Crippen molar-refractivity contribution in [2.24, 2.45) is 27.1 Å². The highest BCUT2D eigenvalue weighted by Crippen LogP contribution is 2.63. The van der Waals surface area contributed by atoms with E-state index in [0.717, 1.165) is 67.0 Å². The third-order valence-corrected chi connectivity index (χ3v) is 8.88. The third-order valence-electron chi connectivity index (χ3n) is 8.88. The van der Waals surface area contributed by atoms with Gasteiger partial charge in [0.2, 0.25) is 0 Å². The first-order valence-electron chi connectivity index (χ1n) is 16.1. The van der Waals surface area contributed by atoms with E-state index in [1.807, 2.05) is 43.6 Å². The van der Waals surface area contributed by atoms with Crippen LogP contribution in [-0.2, 0) is 4.74 Å². The quantitative estimate of drug-likeness (QED) is 0.168. The Morgan fingerprint density at radius 3 is 2.66 bits per heavy atom. The van der Waals surface area contributed by atoms with E-state index < -0.39 is 6.61 Å². The van der Waals surface area contributed by atoms with Crippen molar-refractivity contribution in [3.8, 4) is 5.75 Å². The van der Waals surface area contributed by atoms with Crippen LogP contribution >= 0.6 is 0 Å². The molecule has 3 aliphatic rings. The van der Waals surface area contributed by atoms with Gasteiger partial charge in [0.15, 0.2) is 5.84 Å². The van der Waals surface area contributed by atoms with Crippen LogP contribution in [0.25, 0.3) is 5.57 Å². The Morgan fingerprint density at radius 2 is 1.94 bits per heavy atom. The molecule has 3 N–H and O–H groups in total. The van der Waals surface area contributed by atoms with Crippen LogP contribution in [0.15, 0.2) is 83.6 Å². The number of amides is 1. The Kier molecular flexibility index (Phi) is 11.3. The number of nitrogens with two attached hydrogens (primary N) is 1. The molecular weight excluding hydrogens is 602 g/mol. The molecule has 2 aromatic rings. The number of hydrogen-bond donors (Lipinski definition) is 2. The van der Waals surface area contributed by atoms with Crippen LogP contribution in [0.1, 0.15) is 40.7 Å². The molecule has 2 heterocycles. The van der Waals surface area contributed by atoms with Gasteiger partial charge in [-0.15, -0.1) is 6.58 Å². The number of carbonyl (C=O) groups excluding carboxylic acids is 1. The molecule has 1 spiro atoms. The minimum absolute atomic E-state index is 0.0623. The lowest BCUT2D eigenvalue weighted by atomic mass is 9.87. The van der Waals surface area contributed by atoms with Gasteiger partial charge in [0, 0.05) is 68.2 Å². The number of benzene rings is 2. The lowest BCUT2D eigenvalue weighted by molar-refractivity contribution is -0.0498. The van der Waals surface area contributed by atoms with Gasteiger partial charge < -0.3 is 25.4 Å². The molecular formula is C36H44F2N6O3. The first kappa shape index (κ1) is 34.2. The predicted molar refractivity (Wildman–Crippen MR) is 183 cm³/mol. The third kappa shape index (κ3) is 8.22. The number of allylic oxidation sites excluding steroid dienone is 3. The number of ether oxygens (including phenoxy) is 2. The van der Waals surface area contributed by atoms with Gasteiger partial charge in [-0.05, 0) is 79.8 Å². The highest BCUT2D eigenvalue weighted by Gasteiger charge is 2.61. The number of hydrogen-bond acceptors (Lipinski definition) is 8. The summed E-state index contributed by atoms with van der Waals surface area (Å²) in [7, 11) is 1.79. The molecule has 1 aliphatic carbocycles. The summed E-state index contributed by atoms with van der Waals surface area (Å²) < 4.78 is 35.4. The summed E-state index contributed by atoms with van der Waals surface area (Å²) in [5, 5.41) is 3.42. The van der Waals surface area contributed by atoms with Crippen molar-refractivity contribution >= 4 is 28.7 Å². The number of likely N-dealkylation sites (N-methyl/N-ethyl adjacent to an activating group) is 1. The van der Waals surface area contributed by atoms with Crippen molar-refractivity contribution < 1.29 is 23.0 Å². The van der Waals surface area contributed by atoms with Gasteiger partial charge in [-0.3, -0.25) is 14.7 Å². The Morgan fingerprint density at radius 1 is 1.15 bits per heavy atom. The average molecular weight is 647 g/mol. The van der Waals surface area contributed by atoms with Gasteiger partial charge in [-0.1, -0.05) is 24.3 Å². The maximum absolute atomic E-state index is 13.2. The molecule has 1 fully saturated rings. The molecule has 2 unspecified atom stereocenters. The van der Waals surface area contributed by atoms with Gasteiger partial charge in [-0.25, -0.2) is 4.99 Å². The second-order valence-corrected chi connectivity index (χ2v) is 12.1. The molecule has 2 aromatic carbocycles. The number of nitrogens with one attached hydrogen (secondary N) is 1. The number of anilines is 1. The maximum Gasteiger partial charge on any atom is 0.387 e. The van der Waals surface area contributed by atoms with E-state index in [2.05, 4.69) is 32.6 Å². The van der Waals surface area contributed by atoms with E-state index in [1.54, 1.807) is 36.2 Å². The number of amidine groups is 1. The van der Waals surface area contributed by atoms with Crippen LogP contribution in [0.2, 0.25) is 0 Å². The van der Waals surface area contributed by atoms with Crippen molar-refractivity contribution in [1.29, 1.82) is 0 Å². The highest BCUT2D eigenvalue weighted by molar-refractivity contribution is 6.49. The van der Waals surface area contributed by atoms with Crippen LogP contribution in [0.3, 0.4) is 0 Å². The fourth-order valence-corrected chi connectivity index (χ4v) is 6.22. The topological polar surface area (TPSA) is 105 Å². The van der Waals surface area contributed by atoms with Crippen LogP contribution in [0, 0.1) is 18.3 Å². The second-order valence-electron chi connectivity index (χ2n) is 12.1. The molecule has 2 aliphatic heterocycles. The SMILES string of the molecule is C=CCCCN(CCN)CCOCCN(C)C(=O)c1ccc(NC2=NC=CC34CC3C(c3ccc(OC(F)F)cc3)=CN=C24)cc1C. The largest absolute Gasteiger partial charge is 0.435 e. The van der Waals surface area contributed by atoms with Gasteiger partial charge in [0.05, 0.1) is 18.9 Å². The predicted octanol–water partition coefficient (Wildman–Crippen LogP) is 5.75. The number of carbonyl (C=O) groups is 1. The number of unbranched alkanes of at least 4 members (excludes halogenated alkanes) is 1. The molecule has 9 nitrogen and oxygen atoms in total. The summed E-state index contributed by atoms with van der Waals surface area (Å²) in [5.74, 6) is 0.952. The minimum Gasteiger partial charge on any atom is -0.435 e. The summed E-state index contributed by atoms with van der Waals surface area (Å²) >= 11 is 0. The molecule has 0 bridgehead atoms. The molecule has 2 atom stereocenters. The second kappa shape index (κ2) is 15.6. The summed E-state index contributed by atoms with van der Waals surface area (Å²) in [6.45, 7) is 7.59. The molecule has 47 heavy (non-hydrogen) atoms. The molecule has 0 radical (unpaired) electrons. The monoisotopic (exact) mass is 646 g/mol. The summed E-state index contributed by atoms with van der Waals surface area (Å²) in [6.07, 6.45) is 10.6. The number of nitrogens with zero attached hydrogens (tertiary/aromatic N) is 4. The summed E-state index contributed by atoms with van der Waals surface area (Å²) in [4.78, 5) is 26.6. The van der Waals surface area contributed by atoms with Gasteiger partial charge >= 0.3 is 6.61 Å². The summed E-state index contributed by atoms with van der Waals surface area (Å²) in [6, 6.07) is 12.3. The molecule has 250 valence electrons. The van der Waals surface area contributed by atoms with Crippen LogP contribution in [0.4, 0.5) is 14.5 Å². The van der Waals surface area contributed by atoms with Crippen molar-refractivity contribution in [3.05, 3.63) is 90.3 Å². The van der Waals surface area contributed by atoms with Crippen LogP contribution in [-0.4, -0.2) is 86.9 Å². The zero-order chi connectivity index (χ0) is 33.4.